The van der Waals surface area contributed by atoms with Gasteiger partial charge in [-0.1, -0.05) is 19.1 Å². The lowest BCUT2D eigenvalue weighted by atomic mass is 9.90. The number of likely N-dealkylation sites (tertiary alicyclic amines) is 1. The Hall–Kier alpha value is -2.41. The number of H-pyrrole nitrogens is 1. The normalized spacial score (nSPS) is 22.4. The first-order valence-corrected chi connectivity index (χ1v) is 12.4. The first kappa shape index (κ1) is 21.4. The van der Waals surface area contributed by atoms with Crippen molar-refractivity contribution in [3.8, 4) is 0 Å². The van der Waals surface area contributed by atoms with E-state index in [2.05, 4.69) is 28.2 Å². The number of carbonyl (C=O) groups excluding carboxylic acids is 1. The number of amides is 1. The fraction of sp³-hybridized carbons (Fsp3) is 0.640. The molecule has 1 saturated heterocycles. The van der Waals surface area contributed by atoms with Crippen LogP contribution in [-0.2, 0) is 17.8 Å². The van der Waals surface area contributed by atoms with Crippen LogP contribution in [0.1, 0.15) is 74.7 Å². The molecule has 1 aliphatic carbocycles. The Bertz CT molecular complexity index is 1060. The predicted molar refractivity (Wildman–Crippen MR) is 125 cm³/mol. The second-order valence-electron chi connectivity index (χ2n) is 9.79. The number of nitrogens with zero attached hydrogens (tertiary/aromatic N) is 4. The average Bonchev–Trinajstić information content (AvgIpc) is 3.25. The van der Waals surface area contributed by atoms with E-state index in [1.807, 2.05) is 11.8 Å². The molecular weight excluding hydrogens is 402 g/mol. The number of aromatic nitrogens is 3. The third kappa shape index (κ3) is 4.27. The van der Waals surface area contributed by atoms with Gasteiger partial charge in [0.15, 0.2) is 5.65 Å². The molecule has 4 heterocycles. The second kappa shape index (κ2) is 9.22. The van der Waals surface area contributed by atoms with Gasteiger partial charge in [0.05, 0.1) is 17.8 Å². The lowest BCUT2D eigenvalue weighted by Gasteiger charge is -2.34. The quantitative estimate of drug-likeness (QED) is 0.729. The molecule has 2 aliphatic heterocycles. The van der Waals surface area contributed by atoms with E-state index < -0.39 is 0 Å². The summed E-state index contributed by atoms with van der Waals surface area (Å²) in [5, 5.41) is 3.36. The lowest BCUT2D eigenvalue weighted by Crippen LogP contribution is -2.40. The highest BCUT2D eigenvalue weighted by molar-refractivity contribution is 5.76. The van der Waals surface area contributed by atoms with Gasteiger partial charge >= 0.3 is 0 Å². The molecular formula is C25H35N5O2. The van der Waals surface area contributed by atoms with Crippen molar-refractivity contribution in [1.82, 2.24) is 24.4 Å². The van der Waals surface area contributed by atoms with Crippen LogP contribution in [0.5, 0.6) is 0 Å². The summed E-state index contributed by atoms with van der Waals surface area (Å²) in [7, 11) is 0. The first-order valence-electron chi connectivity index (χ1n) is 12.4. The molecule has 0 saturated carbocycles. The molecule has 2 aromatic heterocycles. The topological polar surface area (TPSA) is 73.7 Å². The van der Waals surface area contributed by atoms with Gasteiger partial charge in [0.1, 0.15) is 0 Å². The minimum atomic E-state index is -0.0481. The number of nitrogens with one attached hydrogen (secondary N) is 1. The van der Waals surface area contributed by atoms with Crippen molar-refractivity contribution in [2.45, 2.75) is 70.8 Å². The molecule has 32 heavy (non-hydrogen) atoms. The van der Waals surface area contributed by atoms with E-state index >= 15 is 0 Å². The Morgan fingerprint density at radius 1 is 1.19 bits per heavy atom. The summed E-state index contributed by atoms with van der Waals surface area (Å²) >= 11 is 0. The molecule has 1 fully saturated rings. The summed E-state index contributed by atoms with van der Waals surface area (Å²) in [5.74, 6) is 1.38. The zero-order valence-corrected chi connectivity index (χ0v) is 19.2. The lowest BCUT2D eigenvalue weighted by molar-refractivity contribution is -0.132. The maximum atomic E-state index is 13.2. The van der Waals surface area contributed by atoms with Gasteiger partial charge in [-0.2, -0.15) is 0 Å². The van der Waals surface area contributed by atoms with Crippen molar-refractivity contribution in [1.29, 1.82) is 0 Å². The number of hydrogen-bond donors (Lipinski definition) is 1. The van der Waals surface area contributed by atoms with Gasteiger partial charge in [-0.15, -0.1) is 0 Å². The van der Waals surface area contributed by atoms with E-state index in [4.69, 9.17) is 4.98 Å². The van der Waals surface area contributed by atoms with Gasteiger partial charge in [-0.05, 0) is 57.5 Å². The Morgan fingerprint density at radius 2 is 2.03 bits per heavy atom. The molecule has 3 aliphatic rings. The van der Waals surface area contributed by atoms with Gasteiger partial charge < -0.3 is 9.80 Å². The number of fused-ring (bicyclic) bond motifs is 2. The van der Waals surface area contributed by atoms with Crippen LogP contribution >= 0.6 is 0 Å². The van der Waals surface area contributed by atoms with E-state index in [1.54, 1.807) is 4.52 Å². The predicted octanol–water partition coefficient (Wildman–Crippen LogP) is 3.24. The van der Waals surface area contributed by atoms with Crippen LogP contribution < -0.4 is 5.56 Å². The molecule has 2 aromatic rings. The standard InChI is InChI=1S/C25H35N5O2/c1-2-6-24(31)29-14-11-21-20(17-29)25(32)30-23(26-21)15-22(27-30)19-9-12-28(13-10-19)16-18-7-4-3-5-8-18/h3-4,15,18-19,27H,2,5-14,16-17H2,1H3/t18-/m0/s1. The SMILES string of the molecule is CCCC(=O)N1CCc2nc3cc(C4CCN(C[C@H]5CC=CCC5)CC4)[nH]n3c(=O)c2C1. The smallest absolute Gasteiger partial charge is 0.277 e. The number of hydrogen-bond acceptors (Lipinski definition) is 4. The van der Waals surface area contributed by atoms with Crippen molar-refractivity contribution in [3.63, 3.8) is 0 Å². The van der Waals surface area contributed by atoms with Crippen LogP contribution in [0.2, 0.25) is 0 Å². The molecule has 0 aromatic carbocycles. The van der Waals surface area contributed by atoms with Crippen LogP contribution in [0.25, 0.3) is 5.65 Å². The highest BCUT2D eigenvalue weighted by atomic mass is 16.2. The molecule has 172 valence electrons. The van der Waals surface area contributed by atoms with Gasteiger partial charge in [-0.3, -0.25) is 14.7 Å². The van der Waals surface area contributed by atoms with Crippen LogP contribution in [0.3, 0.4) is 0 Å². The van der Waals surface area contributed by atoms with Crippen LogP contribution in [-0.4, -0.2) is 56.5 Å². The Labute approximate surface area is 189 Å². The number of aromatic amines is 1. The van der Waals surface area contributed by atoms with E-state index in [0.29, 0.717) is 43.1 Å². The third-order valence-electron chi connectivity index (χ3n) is 7.52. The maximum absolute atomic E-state index is 13.2. The summed E-state index contributed by atoms with van der Waals surface area (Å²) in [6.07, 6.45) is 12.7. The van der Waals surface area contributed by atoms with Crippen molar-refractivity contribution in [2.75, 3.05) is 26.2 Å². The van der Waals surface area contributed by atoms with Crippen LogP contribution in [0.15, 0.2) is 23.0 Å². The minimum absolute atomic E-state index is 0.0481. The van der Waals surface area contributed by atoms with E-state index in [1.165, 1.54) is 25.8 Å². The van der Waals surface area contributed by atoms with E-state index in [-0.39, 0.29) is 11.5 Å². The van der Waals surface area contributed by atoms with Crippen molar-refractivity contribution < 1.29 is 4.79 Å². The summed E-state index contributed by atoms with van der Waals surface area (Å²) in [6.45, 7) is 6.49. The molecule has 1 amide bonds. The summed E-state index contributed by atoms with van der Waals surface area (Å²) in [5.41, 5.74) is 3.32. The van der Waals surface area contributed by atoms with E-state index in [9.17, 15) is 9.59 Å². The van der Waals surface area contributed by atoms with Crippen LogP contribution in [0.4, 0.5) is 0 Å². The monoisotopic (exact) mass is 437 g/mol. The summed E-state index contributed by atoms with van der Waals surface area (Å²) in [6, 6.07) is 2.07. The van der Waals surface area contributed by atoms with Crippen LogP contribution in [0, 0.1) is 5.92 Å². The zero-order chi connectivity index (χ0) is 22.1. The number of allylic oxidation sites excluding steroid dienone is 2. The van der Waals surface area contributed by atoms with Crippen molar-refractivity contribution in [3.05, 3.63) is 45.5 Å². The molecule has 7 heteroatoms. The van der Waals surface area contributed by atoms with Crippen molar-refractivity contribution >= 4 is 11.6 Å². The van der Waals surface area contributed by atoms with Crippen molar-refractivity contribution in [2.24, 2.45) is 5.92 Å². The fourth-order valence-electron chi connectivity index (χ4n) is 5.61. The molecule has 1 N–H and O–H groups in total. The first-order chi connectivity index (χ1) is 15.6. The highest BCUT2D eigenvalue weighted by Crippen LogP contribution is 2.29. The Kier molecular flexibility index (Phi) is 6.17. The average molecular weight is 438 g/mol. The second-order valence-corrected chi connectivity index (χ2v) is 9.79. The Morgan fingerprint density at radius 3 is 2.78 bits per heavy atom. The largest absolute Gasteiger partial charge is 0.338 e. The molecule has 0 bridgehead atoms. The molecule has 5 rings (SSSR count). The van der Waals surface area contributed by atoms with Gasteiger partial charge in [-0.25, -0.2) is 9.50 Å². The number of piperidine rings is 1. The third-order valence-corrected chi connectivity index (χ3v) is 7.52. The molecule has 1 atom stereocenters. The fourth-order valence-corrected chi connectivity index (χ4v) is 5.61. The number of rotatable bonds is 5. The highest BCUT2D eigenvalue weighted by Gasteiger charge is 2.27. The van der Waals surface area contributed by atoms with Gasteiger partial charge in [0.2, 0.25) is 5.91 Å². The maximum Gasteiger partial charge on any atom is 0.277 e. The zero-order valence-electron chi connectivity index (χ0n) is 19.2. The van der Waals surface area contributed by atoms with E-state index in [0.717, 1.165) is 49.7 Å². The molecule has 0 radical (unpaired) electrons. The van der Waals surface area contributed by atoms with Gasteiger partial charge in [0.25, 0.3) is 5.56 Å². The summed E-state index contributed by atoms with van der Waals surface area (Å²) in [4.78, 5) is 34.8. The number of carbonyl (C=O) groups is 1. The Balaban J connectivity index is 1.28. The minimum Gasteiger partial charge on any atom is -0.338 e. The summed E-state index contributed by atoms with van der Waals surface area (Å²) < 4.78 is 1.60. The molecule has 7 nitrogen and oxygen atoms in total. The molecule has 0 unspecified atom stereocenters. The van der Waals surface area contributed by atoms with Gasteiger partial charge in [0, 0.05) is 43.6 Å². The molecule has 0 spiro atoms.